The molecule has 0 unspecified atom stereocenters. The van der Waals surface area contributed by atoms with E-state index in [4.69, 9.17) is 9.47 Å². The Morgan fingerprint density at radius 1 is 1.27 bits per heavy atom. The summed E-state index contributed by atoms with van der Waals surface area (Å²) >= 11 is 0. The molecule has 1 N–H and O–H groups in total. The molecule has 2 aromatic rings. The average Bonchev–Trinajstić information content (AvgIpc) is 2.98. The van der Waals surface area contributed by atoms with E-state index in [-0.39, 0.29) is 35.9 Å². The maximum absolute atomic E-state index is 13.7. The van der Waals surface area contributed by atoms with Gasteiger partial charge >= 0.3 is 5.97 Å². The van der Waals surface area contributed by atoms with Crippen molar-refractivity contribution in [1.82, 2.24) is 15.4 Å². The van der Waals surface area contributed by atoms with E-state index in [9.17, 15) is 13.6 Å². The van der Waals surface area contributed by atoms with Crippen molar-refractivity contribution in [3.05, 3.63) is 29.5 Å². The second-order valence-electron chi connectivity index (χ2n) is 4.36. The second kappa shape index (κ2) is 6.97. The van der Waals surface area contributed by atoms with Crippen molar-refractivity contribution in [2.45, 2.75) is 20.3 Å². The summed E-state index contributed by atoms with van der Waals surface area (Å²) in [5.41, 5.74) is 0.134. The van der Waals surface area contributed by atoms with Crippen molar-refractivity contribution < 1.29 is 23.0 Å². The van der Waals surface area contributed by atoms with E-state index in [1.807, 2.05) is 6.92 Å². The average molecular weight is 311 g/mol. The fourth-order valence-corrected chi connectivity index (χ4v) is 1.79. The number of nitrogens with one attached hydrogen (secondary N) is 1. The number of hydrogen-bond donors (Lipinski definition) is 1. The SMILES string of the molecule is CCCOc1cc(-c2n[nH]nc2C(=O)OCC)cc(F)c1F. The first-order chi connectivity index (χ1) is 10.6. The summed E-state index contributed by atoms with van der Waals surface area (Å²) in [5.74, 6) is -3.12. The van der Waals surface area contributed by atoms with E-state index in [2.05, 4.69) is 15.4 Å². The number of esters is 1. The normalized spacial score (nSPS) is 10.5. The fourth-order valence-electron chi connectivity index (χ4n) is 1.79. The highest BCUT2D eigenvalue weighted by Gasteiger charge is 2.22. The number of carbonyl (C=O) groups excluding carboxylic acids is 1. The molecule has 1 heterocycles. The van der Waals surface area contributed by atoms with Crippen LogP contribution in [0, 0.1) is 11.6 Å². The van der Waals surface area contributed by atoms with E-state index in [1.165, 1.54) is 6.07 Å². The molecule has 6 nitrogen and oxygen atoms in total. The van der Waals surface area contributed by atoms with Crippen molar-refractivity contribution in [3.63, 3.8) is 0 Å². The molecular weight excluding hydrogens is 296 g/mol. The quantitative estimate of drug-likeness (QED) is 0.830. The summed E-state index contributed by atoms with van der Waals surface area (Å²) < 4.78 is 37.4. The summed E-state index contributed by atoms with van der Waals surface area (Å²) in [6.45, 7) is 3.89. The number of rotatable bonds is 6. The molecule has 8 heteroatoms. The first-order valence-corrected chi connectivity index (χ1v) is 6.78. The number of halogens is 2. The van der Waals surface area contributed by atoms with Gasteiger partial charge in [-0.25, -0.2) is 9.18 Å². The Bertz CT molecular complexity index is 673. The van der Waals surface area contributed by atoms with Crippen molar-refractivity contribution >= 4 is 5.97 Å². The molecule has 0 bridgehead atoms. The predicted octanol–water partition coefficient (Wildman–Crippen LogP) is 2.72. The molecule has 0 saturated carbocycles. The van der Waals surface area contributed by atoms with Crippen LogP contribution in [0.1, 0.15) is 30.8 Å². The molecule has 0 saturated heterocycles. The molecule has 118 valence electrons. The van der Waals surface area contributed by atoms with Crippen LogP contribution in [0.2, 0.25) is 0 Å². The number of benzene rings is 1. The second-order valence-corrected chi connectivity index (χ2v) is 4.36. The Labute approximate surface area is 125 Å². The van der Waals surface area contributed by atoms with E-state index in [1.54, 1.807) is 6.92 Å². The van der Waals surface area contributed by atoms with Gasteiger partial charge in [-0.3, -0.25) is 0 Å². The minimum atomic E-state index is -1.10. The number of aromatic amines is 1. The molecule has 0 amide bonds. The molecule has 0 aliphatic heterocycles. The maximum atomic E-state index is 13.7. The minimum Gasteiger partial charge on any atom is -0.490 e. The molecular formula is C14H15F2N3O3. The summed E-state index contributed by atoms with van der Waals surface area (Å²) in [4.78, 5) is 11.8. The summed E-state index contributed by atoms with van der Waals surface area (Å²) in [5, 5.41) is 9.76. The van der Waals surface area contributed by atoms with Crippen LogP contribution in [0.4, 0.5) is 8.78 Å². The molecule has 1 aromatic carbocycles. The molecule has 22 heavy (non-hydrogen) atoms. The molecule has 0 radical (unpaired) electrons. The van der Waals surface area contributed by atoms with Crippen molar-refractivity contribution in [1.29, 1.82) is 0 Å². The number of carbonyl (C=O) groups is 1. The molecule has 0 spiro atoms. The van der Waals surface area contributed by atoms with E-state index in [0.29, 0.717) is 6.42 Å². The number of ether oxygens (including phenoxy) is 2. The third-order valence-corrected chi connectivity index (χ3v) is 2.75. The first-order valence-electron chi connectivity index (χ1n) is 6.78. The van der Waals surface area contributed by atoms with Gasteiger partial charge in [0, 0.05) is 5.56 Å². The summed E-state index contributed by atoms with van der Waals surface area (Å²) in [6, 6.07) is 2.20. The first kappa shape index (κ1) is 15.9. The Kier molecular flexibility index (Phi) is 5.03. The number of aromatic nitrogens is 3. The molecule has 0 aliphatic rings. The highest BCUT2D eigenvalue weighted by atomic mass is 19.2. The Morgan fingerprint density at radius 2 is 2.05 bits per heavy atom. The number of nitrogens with zero attached hydrogens (tertiary/aromatic N) is 2. The topological polar surface area (TPSA) is 77.1 Å². The standard InChI is InChI=1S/C14H15F2N3O3/c1-3-5-22-10-7-8(6-9(15)11(10)16)12-13(18-19-17-12)14(20)21-4-2/h6-7H,3-5H2,1-2H3,(H,17,18,19). The van der Waals surface area contributed by atoms with Gasteiger partial charge in [0.2, 0.25) is 5.82 Å². The van der Waals surface area contributed by atoms with Crippen LogP contribution in [0.3, 0.4) is 0 Å². The summed E-state index contributed by atoms with van der Waals surface area (Å²) in [6.07, 6.45) is 0.642. The Morgan fingerprint density at radius 3 is 2.73 bits per heavy atom. The van der Waals surface area contributed by atoms with Crippen molar-refractivity contribution in [2.75, 3.05) is 13.2 Å². The molecule has 1 aromatic heterocycles. The molecule has 0 atom stereocenters. The van der Waals surface area contributed by atoms with E-state index >= 15 is 0 Å². The van der Waals surface area contributed by atoms with Crippen molar-refractivity contribution in [2.24, 2.45) is 0 Å². The van der Waals surface area contributed by atoms with Gasteiger partial charge < -0.3 is 9.47 Å². The Hall–Kier alpha value is -2.51. The van der Waals surface area contributed by atoms with Crippen LogP contribution >= 0.6 is 0 Å². The zero-order valence-corrected chi connectivity index (χ0v) is 12.2. The zero-order chi connectivity index (χ0) is 16.1. The lowest BCUT2D eigenvalue weighted by Crippen LogP contribution is -2.07. The van der Waals surface area contributed by atoms with Crippen LogP contribution in [-0.4, -0.2) is 34.6 Å². The van der Waals surface area contributed by atoms with Gasteiger partial charge in [-0.2, -0.15) is 14.7 Å². The summed E-state index contributed by atoms with van der Waals surface area (Å²) in [7, 11) is 0. The predicted molar refractivity (Wildman–Crippen MR) is 73.5 cm³/mol. The van der Waals surface area contributed by atoms with Gasteiger partial charge in [0.15, 0.2) is 17.3 Å². The third kappa shape index (κ3) is 3.21. The zero-order valence-electron chi connectivity index (χ0n) is 12.2. The lowest BCUT2D eigenvalue weighted by Gasteiger charge is -2.09. The minimum absolute atomic E-state index is 0.0682. The van der Waals surface area contributed by atoms with Gasteiger partial charge in [0.25, 0.3) is 0 Å². The van der Waals surface area contributed by atoms with E-state index in [0.717, 1.165) is 6.07 Å². The van der Waals surface area contributed by atoms with Crippen LogP contribution in [0.25, 0.3) is 11.3 Å². The van der Waals surface area contributed by atoms with E-state index < -0.39 is 17.6 Å². The smallest absolute Gasteiger partial charge is 0.361 e. The van der Waals surface area contributed by atoms with Gasteiger partial charge in [-0.15, -0.1) is 5.10 Å². The van der Waals surface area contributed by atoms with Gasteiger partial charge in [-0.05, 0) is 25.5 Å². The lowest BCUT2D eigenvalue weighted by atomic mass is 10.1. The molecule has 0 aliphatic carbocycles. The highest BCUT2D eigenvalue weighted by Crippen LogP contribution is 2.29. The van der Waals surface area contributed by atoms with Crippen molar-refractivity contribution in [3.8, 4) is 17.0 Å². The van der Waals surface area contributed by atoms with Crippen LogP contribution in [-0.2, 0) is 4.74 Å². The Balaban J connectivity index is 2.43. The van der Waals surface area contributed by atoms with Gasteiger partial charge in [-0.1, -0.05) is 6.92 Å². The van der Waals surface area contributed by atoms with Gasteiger partial charge in [0.1, 0.15) is 5.69 Å². The molecule has 0 fully saturated rings. The molecule has 2 rings (SSSR count). The largest absolute Gasteiger partial charge is 0.490 e. The lowest BCUT2D eigenvalue weighted by molar-refractivity contribution is 0.0520. The third-order valence-electron chi connectivity index (χ3n) is 2.75. The number of hydrogen-bond acceptors (Lipinski definition) is 5. The fraction of sp³-hybridized carbons (Fsp3) is 0.357. The monoisotopic (exact) mass is 311 g/mol. The van der Waals surface area contributed by atoms with Crippen LogP contribution in [0.15, 0.2) is 12.1 Å². The maximum Gasteiger partial charge on any atom is 0.361 e. The van der Waals surface area contributed by atoms with Gasteiger partial charge in [0.05, 0.1) is 13.2 Å². The van der Waals surface area contributed by atoms with Crippen LogP contribution in [0.5, 0.6) is 5.75 Å². The van der Waals surface area contributed by atoms with Crippen LogP contribution < -0.4 is 4.74 Å². The number of H-pyrrole nitrogens is 1. The highest BCUT2D eigenvalue weighted by molar-refractivity contribution is 5.94.